The summed E-state index contributed by atoms with van der Waals surface area (Å²) in [7, 11) is 0. The van der Waals surface area contributed by atoms with Crippen LogP contribution in [0.15, 0.2) is 29.2 Å². The van der Waals surface area contributed by atoms with Crippen molar-refractivity contribution in [3.8, 4) is 5.75 Å². The fraction of sp³-hybridized carbons (Fsp3) is 0.429. The third-order valence-electron chi connectivity index (χ3n) is 3.28. The first-order valence-electron chi connectivity index (χ1n) is 6.51. The van der Waals surface area contributed by atoms with Gasteiger partial charge in [0.2, 0.25) is 11.8 Å². The molecule has 2 rings (SSSR count). The molecule has 5 nitrogen and oxygen atoms in total. The number of phenols is 1. The number of amides is 2. The molecule has 1 aromatic rings. The molecular weight excluding hydrogens is 276 g/mol. The zero-order valence-electron chi connectivity index (χ0n) is 11.4. The fourth-order valence-electron chi connectivity index (χ4n) is 2.05. The molecule has 1 aromatic carbocycles. The minimum Gasteiger partial charge on any atom is -0.508 e. The standard InChI is InChI=1S/C14H18N2O3S/c1-11(17)15-6-8-16(9-7-15)14(19)10-20-13-4-2-12(18)3-5-13/h2-5,18H,6-10H2,1H3. The summed E-state index contributed by atoms with van der Waals surface area (Å²) in [5, 5.41) is 9.19. The highest BCUT2D eigenvalue weighted by Gasteiger charge is 2.22. The van der Waals surface area contributed by atoms with E-state index >= 15 is 0 Å². The first-order chi connectivity index (χ1) is 9.56. The van der Waals surface area contributed by atoms with E-state index in [0.29, 0.717) is 31.9 Å². The van der Waals surface area contributed by atoms with Crippen molar-refractivity contribution in [3.05, 3.63) is 24.3 Å². The lowest BCUT2D eigenvalue weighted by atomic mass is 10.3. The van der Waals surface area contributed by atoms with Gasteiger partial charge in [-0.15, -0.1) is 11.8 Å². The zero-order chi connectivity index (χ0) is 14.5. The van der Waals surface area contributed by atoms with Crippen molar-refractivity contribution in [3.63, 3.8) is 0 Å². The molecule has 0 aromatic heterocycles. The lowest BCUT2D eigenvalue weighted by Crippen LogP contribution is -2.50. The van der Waals surface area contributed by atoms with Crippen molar-refractivity contribution < 1.29 is 14.7 Å². The monoisotopic (exact) mass is 294 g/mol. The molecule has 0 saturated carbocycles. The summed E-state index contributed by atoms with van der Waals surface area (Å²) in [6.07, 6.45) is 0. The van der Waals surface area contributed by atoms with E-state index in [-0.39, 0.29) is 17.6 Å². The molecule has 1 fully saturated rings. The van der Waals surface area contributed by atoms with Gasteiger partial charge in [-0.2, -0.15) is 0 Å². The number of hydrogen-bond donors (Lipinski definition) is 1. The van der Waals surface area contributed by atoms with Crippen molar-refractivity contribution in [1.82, 2.24) is 9.80 Å². The van der Waals surface area contributed by atoms with E-state index < -0.39 is 0 Å². The summed E-state index contributed by atoms with van der Waals surface area (Å²) >= 11 is 1.46. The molecule has 1 N–H and O–H groups in total. The average Bonchev–Trinajstić information content (AvgIpc) is 2.46. The van der Waals surface area contributed by atoms with Gasteiger partial charge in [-0.3, -0.25) is 9.59 Å². The van der Waals surface area contributed by atoms with Crippen LogP contribution in [0.1, 0.15) is 6.92 Å². The zero-order valence-corrected chi connectivity index (χ0v) is 12.2. The average molecular weight is 294 g/mol. The highest BCUT2D eigenvalue weighted by atomic mass is 32.2. The molecule has 20 heavy (non-hydrogen) atoms. The second-order valence-electron chi connectivity index (χ2n) is 4.67. The van der Waals surface area contributed by atoms with Crippen LogP contribution in [0.2, 0.25) is 0 Å². The van der Waals surface area contributed by atoms with Crippen LogP contribution in [0.4, 0.5) is 0 Å². The summed E-state index contributed by atoms with van der Waals surface area (Å²) in [6.45, 7) is 4.00. The largest absolute Gasteiger partial charge is 0.508 e. The second kappa shape index (κ2) is 6.65. The molecule has 0 unspecified atom stereocenters. The Hall–Kier alpha value is -1.69. The Kier molecular flexibility index (Phi) is 4.89. The van der Waals surface area contributed by atoms with Crippen LogP contribution in [0.3, 0.4) is 0 Å². The predicted octanol–water partition coefficient (Wildman–Crippen LogP) is 1.17. The number of hydrogen-bond acceptors (Lipinski definition) is 4. The number of carbonyl (C=O) groups is 2. The van der Waals surface area contributed by atoms with E-state index in [2.05, 4.69) is 0 Å². The van der Waals surface area contributed by atoms with Crippen LogP contribution in [0.25, 0.3) is 0 Å². The predicted molar refractivity (Wildman–Crippen MR) is 77.7 cm³/mol. The topological polar surface area (TPSA) is 60.9 Å². The molecule has 108 valence electrons. The molecule has 0 bridgehead atoms. The Labute approximate surface area is 122 Å². The molecule has 1 aliphatic rings. The number of nitrogens with zero attached hydrogens (tertiary/aromatic N) is 2. The van der Waals surface area contributed by atoms with Gasteiger partial charge in [0.15, 0.2) is 0 Å². The molecule has 1 aliphatic heterocycles. The quantitative estimate of drug-likeness (QED) is 0.850. The van der Waals surface area contributed by atoms with Crippen LogP contribution < -0.4 is 0 Å². The summed E-state index contributed by atoms with van der Waals surface area (Å²) < 4.78 is 0. The second-order valence-corrected chi connectivity index (χ2v) is 5.72. The number of carbonyl (C=O) groups excluding carboxylic acids is 2. The van der Waals surface area contributed by atoms with E-state index in [4.69, 9.17) is 0 Å². The molecule has 0 radical (unpaired) electrons. The number of phenolic OH excluding ortho intramolecular Hbond substituents is 1. The van der Waals surface area contributed by atoms with E-state index in [0.717, 1.165) is 4.90 Å². The van der Waals surface area contributed by atoms with Gasteiger partial charge in [-0.05, 0) is 24.3 Å². The molecule has 0 spiro atoms. The van der Waals surface area contributed by atoms with Crippen molar-refractivity contribution in [2.45, 2.75) is 11.8 Å². The Morgan fingerprint density at radius 3 is 2.20 bits per heavy atom. The van der Waals surface area contributed by atoms with E-state index in [1.165, 1.54) is 11.8 Å². The summed E-state index contributed by atoms with van der Waals surface area (Å²) in [6, 6.07) is 6.80. The minimum absolute atomic E-state index is 0.0653. The highest BCUT2D eigenvalue weighted by molar-refractivity contribution is 8.00. The van der Waals surface area contributed by atoms with Crippen LogP contribution in [0, 0.1) is 0 Å². The van der Waals surface area contributed by atoms with Crippen molar-refractivity contribution in [1.29, 1.82) is 0 Å². The van der Waals surface area contributed by atoms with Crippen molar-refractivity contribution in [2.24, 2.45) is 0 Å². The molecular formula is C14H18N2O3S. The van der Waals surface area contributed by atoms with Gasteiger partial charge in [0.05, 0.1) is 5.75 Å². The van der Waals surface area contributed by atoms with Gasteiger partial charge in [-0.1, -0.05) is 0 Å². The highest BCUT2D eigenvalue weighted by Crippen LogP contribution is 2.21. The third-order valence-corrected chi connectivity index (χ3v) is 4.27. The molecule has 2 amide bonds. The first kappa shape index (κ1) is 14.7. The van der Waals surface area contributed by atoms with Crippen LogP contribution >= 0.6 is 11.8 Å². The maximum Gasteiger partial charge on any atom is 0.233 e. The minimum atomic E-state index is 0.0653. The normalized spacial score (nSPS) is 15.2. The van der Waals surface area contributed by atoms with Crippen LogP contribution in [-0.2, 0) is 9.59 Å². The Morgan fingerprint density at radius 2 is 1.65 bits per heavy atom. The van der Waals surface area contributed by atoms with Crippen LogP contribution in [0.5, 0.6) is 5.75 Å². The van der Waals surface area contributed by atoms with E-state index in [9.17, 15) is 14.7 Å². The maximum absolute atomic E-state index is 12.1. The number of benzene rings is 1. The van der Waals surface area contributed by atoms with Gasteiger partial charge >= 0.3 is 0 Å². The van der Waals surface area contributed by atoms with Gasteiger partial charge in [0.25, 0.3) is 0 Å². The fourth-order valence-corrected chi connectivity index (χ4v) is 2.85. The number of thioether (sulfide) groups is 1. The number of rotatable bonds is 3. The van der Waals surface area contributed by atoms with Crippen LogP contribution in [-0.4, -0.2) is 58.7 Å². The lowest BCUT2D eigenvalue weighted by molar-refractivity contribution is -0.136. The first-order valence-corrected chi connectivity index (χ1v) is 7.50. The van der Waals surface area contributed by atoms with Gasteiger partial charge in [0, 0.05) is 38.0 Å². The number of aromatic hydroxyl groups is 1. The van der Waals surface area contributed by atoms with Crippen molar-refractivity contribution in [2.75, 3.05) is 31.9 Å². The Bertz CT molecular complexity index is 482. The molecule has 0 aliphatic carbocycles. The summed E-state index contributed by atoms with van der Waals surface area (Å²) in [5.74, 6) is 0.757. The van der Waals surface area contributed by atoms with Gasteiger partial charge < -0.3 is 14.9 Å². The van der Waals surface area contributed by atoms with Gasteiger partial charge in [-0.25, -0.2) is 0 Å². The van der Waals surface area contributed by atoms with Gasteiger partial charge in [0.1, 0.15) is 5.75 Å². The number of piperazine rings is 1. The summed E-state index contributed by atoms with van der Waals surface area (Å²) in [4.78, 5) is 27.8. The SMILES string of the molecule is CC(=O)N1CCN(C(=O)CSc2ccc(O)cc2)CC1. The van der Waals surface area contributed by atoms with E-state index in [1.54, 1.807) is 41.0 Å². The van der Waals surface area contributed by atoms with Crippen molar-refractivity contribution >= 4 is 23.6 Å². The maximum atomic E-state index is 12.1. The Morgan fingerprint density at radius 1 is 1.10 bits per heavy atom. The molecule has 1 saturated heterocycles. The van der Waals surface area contributed by atoms with E-state index in [1.807, 2.05) is 0 Å². The molecule has 0 atom stereocenters. The third kappa shape index (κ3) is 3.90. The molecule has 1 heterocycles. The smallest absolute Gasteiger partial charge is 0.233 e. The summed E-state index contributed by atoms with van der Waals surface area (Å²) in [5.41, 5.74) is 0. The Balaban J connectivity index is 1.78. The molecule has 6 heteroatoms. The lowest BCUT2D eigenvalue weighted by Gasteiger charge is -2.34.